The second-order valence-electron chi connectivity index (χ2n) is 7.76. The van der Waals surface area contributed by atoms with E-state index in [1.54, 1.807) is 11.8 Å². The number of hydrogen-bond acceptors (Lipinski definition) is 7. The van der Waals surface area contributed by atoms with Crippen molar-refractivity contribution >= 4 is 16.9 Å². The van der Waals surface area contributed by atoms with Crippen molar-refractivity contribution in [3.05, 3.63) is 0 Å². The number of thioether (sulfide) groups is 1. The summed E-state index contributed by atoms with van der Waals surface area (Å²) in [6.07, 6.45) is 6.16. The Morgan fingerprint density at radius 3 is 2.14 bits per heavy atom. The summed E-state index contributed by atoms with van der Waals surface area (Å²) in [5.74, 6) is 0. The number of aliphatic imine (C=N–C) groups is 1. The van der Waals surface area contributed by atoms with Gasteiger partial charge >= 0.3 is 0 Å². The van der Waals surface area contributed by atoms with Crippen molar-refractivity contribution in [2.45, 2.75) is 89.1 Å². The molecule has 2 rings (SSSR count). The minimum Gasteiger partial charge on any atom is -0.379 e. The highest BCUT2D eigenvalue weighted by molar-refractivity contribution is 8.14. The van der Waals surface area contributed by atoms with Gasteiger partial charge in [0.25, 0.3) is 0 Å². The second-order valence-corrected chi connectivity index (χ2v) is 8.83. The van der Waals surface area contributed by atoms with E-state index in [1.807, 2.05) is 14.1 Å². The highest BCUT2D eigenvalue weighted by Gasteiger charge is 2.51. The number of ether oxygens (including phenoxy) is 4. The van der Waals surface area contributed by atoms with Crippen LogP contribution in [-0.2, 0) is 18.9 Å². The number of fused-ring (bicyclic) bond motifs is 1. The number of unbranched alkanes of at least 4 members (excludes halogenated alkanes) is 3. The smallest absolute Gasteiger partial charge is 0.161 e. The zero-order valence-corrected chi connectivity index (χ0v) is 19.2. The molecular weight excluding hydrogens is 376 g/mol. The van der Waals surface area contributed by atoms with Crippen molar-refractivity contribution in [2.75, 3.05) is 40.5 Å². The van der Waals surface area contributed by atoms with Gasteiger partial charge < -0.3 is 23.8 Å². The highest BCUT2D eigenvalue weighted by atomic mass is 32.2. The molecule has 7 heteroatoms. The second kappa shape index (κ2) is 13.1. The summed E-state index contributed by atoms with van der Waals surface area (Å²) in [7, 11) is 4.05. The number of hydrogen-bond donors (Lipinski definition) is 0. The van der Waals surface area contributed by atoms with Crippen molar-refractivity contribution in [1.82, 2.24) is 4.90 Å². The van der Waals surface area contributed by atoms with E-state index in [4.69, 9.17) is 23.9 Å². The van der Waals surface area contributed by atoms with E-state index in [9.17, 15) is 0 Å². The maximum absolute atomic E-state index is 6.44. The molecule has 0 aromatic heterocycles. The van der Waals surface area contributed by atoms with E-state index in [2.05, 4.69) is 25.7 Å². The lowest BCUT2D eigenvalue weighted by Crippen LogP contribution is -2.58. The topological polar surface area (TPSA) is 52.5 Å². The Morgan fingerprint density at radius 2 is 1.54 bits per heavy atom. The van der Waals surface area contributed by atoms with Crippen LogP contribution in [0.1, 0.15) is 59.3 Å². The van der Waals surface area contributed by atoms with Crippen molar-refractivity contribution in [3.63, 3.8) is 0 Å². The fourth-order valence-electron chi connectivity index (χ4n) is 3.31. The summed E-state index contributed by atoms with van der Waals surface area (Å²) in [4.78, 5) is 6.98. The van der Waals surface area contributed by atoms with Gasteiger partial charge in [0.2, 0.25) is 0 Å². The molecule has 0 saturated carbocycles. The Morgan fingerprint density at radius 1 is 0.929 bits per heavy atom. The lowest BCUT2D eigenvalue weighted by atomic mass is 9.97. The van der Waals surface area contributed by atoms with Crippen LogP contribution in [0.25, 0.3) is 0 Å². The summed E-state index contributed by atoms with van der Waals surface area (Å²) in [5.41, 5.74) is -0.0326. The Balaban J connectivity index is 2.13. The van der Waals surface area contributed by atoms with Crippen LogP contribution < -0.4 is 0 Å². The number of amidine groups is 1. The summed E-state index contributed by atoms with van der Waals surface area (Å²) >= 11 is 1.69. The van der Waals surface area contributed by atoms with Gasteiger partial charge in [0.1, 0.15) is 29.8 Å². The molecule has 0 aromatic carbocycles. The van der Waals surface area contributed by atoms with Crippen molar-refractivity contribution in [1.29, 1.82) is 0 Å². The third kappa shape index (κ3) is 6.87. The van der Waals surface area contributed by atoms with Gasteiger partial charge in [-0.3, -0.25) is 4.99 Å². The Bertz CT molecular complexity index is 464. The molecule has 0 aromatic rings. The molecule has 28 heavy (non-hydrogen) atoms. The van der Waals surface area contributed by atoms with Gasteiger partial charge in [0.15, 0.2) is 5.17 Å². The van der Waals surface area contributed by atoms with E-state index >= 15 is 0 Å². The zero-order chi connectivity index (χ0) is 20.4. The number of nitrogens with zero attached hydrogens (tertiary/aromatic N) is 2. The molecule has 2 aliphatic heterocycles. The first kappa shape index (κ1) is 23.9. The summed E-state index contributed by atoms with van der Waals surface area (Å²) in [6.45, 7) is 9.31. The molecule has 0 unspecified atom stereocenters. The minimum atomic E-state index is -0.142. The summed E-state index contributed by atoms with van der Waals surface area (Å²) in [5, 5.41) is 0.999. The average Bonchev–Trinajstić information content (AvgIpc) is 3.11. The third-order valence-corrected chi connectivity index (χ3v) is 6.32. The van der Waals surface area contributed by atoms with Crippen LogP contribution in [0.4, 0.5) is 0 Å². The molecule has 6 nitrogen and oxygen atoms in total. The molecule has 0 N–H and O–H groups in total. The lowest BCUT2D eigenvalue weighted by molar-refractivity contribution is -0.203. The Hall–Kier alpha value is -0.340. The van der Waals surface area contributed by atoms with Gasteiger partial charge in [-0.2, -0.15) is 0 Å². The predicted octanol–water partition coefficient (Wildman–Crippen LogP) is 3.93. The molecule has 0 spiro atoms. The monoisotopic (exact) mass is 416 g/mol. The molecule has 0 bridgehead atoms. The van der Waals surface area contributed by atoms with Gasteiger partial charge in [-0.05, 0) is 19.3 Å². The molecule has 0 aliphatic carbocycles. The maximum atomic E-state index is 6.44. The van der Waals surface area contributed by atoms with E-state index in [0.717, 1.165) is 63.5 Å². The van der Waals surface area contributed by atoms with Crippen LogP contribution in [0.15, 0.2) is 4.99 Å². The first-order valence-electron chi connectivity index (χ1n) is 11.0. The van der Waals surface area contributed by atoms with Crippen molar-refractivity contribution < 1.29 is 18.9 Å². The van der Waals surface area contributed by atoms with Crippen LogP contribution >= 0.6 is 11.8 Å². The molecule has 5 atom stereocenters. The lowest BCUT2D eigenvalue weighted by Gasteiger charge is -2.42. The quantitative estimate of drug-likeness (QED) is 0.424. The normalized spacial score (nSPS) is 29.6. The van der Waals surface area contributed by atoms with Gasteiger partial charge in [0.05, 0.1) is 6.61 Å². The molecular formula is C21H40N2O4S. The first-order valence-corrected chi connectivity index (χ1v) is 11.9. The van der Waals surface area contributed by atoms with Crippen LogP contribution in [0, 0.1) is 0 Å². The standard InChI is InChI=1S/C21H40N2O4S/c1-6-9-12-24-15-16-18(25-13-10-7-2)19(26-14-11-8-3)17-20(27-16)28-21(22-17)23(4)5/h16-20H,6-15H2,1-5H3/t16-,17-,18-,19-,20-/m1/s1. The van der Waals surface area contributed by atoms with Gasteiger partial charge in [-0.15, -0.1) is 0 Å². The summed E-state index contributed by atoms with van der Waals surface area (Å²) in [6, 6.07) is -0.0298. The van der Waals surface area contributed by atoms with E-state index in [0.29, 0.717) is 6.61 Å². The zero-order valence-electron chi connectivity index (χ0n) is 18.4. The first-order chi connectivity index (χ1) is 13.6. The molecule has 1 fully saturated rings. The van der Waals surface area contributed by atoms with Gasteiger partial charge in [-0.1, -0.05) is 51.8 Å². The van der Waals surface area contributed by atoms with Crippen LogP contribution in [0.3, 0.4) is 0 Å². The van der Waals surface area contributed by atoms with E-state index < -0.39 is 0 Å². The molecule has 0 radical (unpaired) electrons. The van der Waals surface area contributed by atoms with Crippen LogP contribution in [0.2, 0.25) is 0 Å². The van der Waals surface area contributed by atoms with E-state index in [-0.39, 0.29) is 29.8 Å². The van der Waals surface area contributed by atoms with Crippen molar-refractivity contribution in [2.24, 2.45) is 4.99 Å². The molecule has 164 valence electrons. The van der Waals surface area contributed by atoms with Crippen LogP contribution in [-0.4, -0.2) is 80.4 Å². The Kier molecular flexibility index (Phi) is 11.2. The molecule has 1 saturated heterocycles. The third-order valence-electron chi connectivity index (χ3n) is 5.02. The fourth-order valence-corrected chi connectivity index (χ4v) is 4.46. The average molecular weight is 417 g/mol. The fraction of sp³-hybridized carbons (Fsp3) is 0.952. The SMILES string of the molecule is CCCCOC[C@H]1O[C@@H]2SC(N(C)C)=N[C@@H]2[C@@H](OCCCC)[C@@H]1OCCCC. The van der Waals surface area contributed by atoms with Gasteiger partial charge in [0, 0.05) is 33.9 Å². The molecule has 2 aliphatic rings. The van der Waals surface area contributed by atoms with Gasteiger partial charge in [-0.25, -0.2) is 0 Å². The summed E-state index contributed by atoms with van der Waals surface area (Å²) < 4.78 is 25.1. The largest absolute Gasteiger partial charge is 0.379 e. The van der Waals surface area contributed by atoms with E-state index in [1.165, 1.54) is 0 Å². The van der Waals surface area contributed by atoms with Crippen molar-refractivity contribution in [3.8, 4) is 0 Å². The number of rotatable bonds is 13. The highest BCUT2D eigenvalue weighted by Crippen LogP contribution is 2.39. The predicted molar refractivity (Wildman–Crippen MR) is 116 cm³/mol. The molecule has 0 amide bonds. The Labute approximate surface area is 175 Å². The minimum absolute atomic E-state index is 0.0298. The maximum Gasteiger partial charge on any atom is 0.161 e. The molecule has 2 heterocycles. The van der Waals surface area contributed by atoms with Crippen LogP contribution in [0.5, 0.6) is 0 Å².